The van der Waals surface area contributed by atoms with Gasteiger partial charge >= 0.3 is 0 Å². The number of nitrogens with zero attached hydrogens (tertiary/aromatic N) is 2. The van der Waals surface area contributed by atoms with Crippen LogP contribution in [0.4, 0.5) is 5.69 Å². The standard InChI is InChI=1S/C14H18N4O2/c1-20-8-7-15-10-14(19)17-12-9-16-18(11-12)13-5-3-2-4-6-13/h2-6,9,11,15H,7-8,10H2,1H3,(H,17,19). The third-order valence-electron chi connectivity index (χ3n) is 2.66. The lowest BCUT2D eigenvalue weighted by atomic mass is 10.3. The SMILES string of the molecule is COCCNCC(=O)Nc1cnn(-c2ccccc2)c1. The van der Waals surface area contributed by atoms with Crippen molar-refractivity contribution in [3.05, 3.63) is 42.7 Å². The van der Waals surface area contributed by atoms with Gasteiger partial charge in [-0.15, -0.1) is 0 Å². The summed E-state index contributed by atoms with van der Waals surface area (Å²) in [6.07, 6.45) is 3.41. The predicted molar refractivity (Wildman–Crippen MR) is 76.9 cm³/mol. The third kappa shape index (κ3) is 4.18. The maximum atomic E-state index is 11.7. The second-order valence-corrected chi connectivity index (χ2v) is 4.23. The minimum absolute atomic E-state index is 0.103. The molecule has 2 N–H and O–H groups in total. The quantitative estimate of drug-likeness (QED) is 0.740. The molecule has 0 fully saturated rings. The van der Waals surface area contributed by atoms with E-state index in [1.165, 1.54) is 0 Å². The average Bonchev–Trinajstić information content (AvgIpc) is 2.93. The lowest BCUT2D eigenvalue weighted by Gasteiger charge is -2.04. The van der Waals surface area contributed by atoms with Crippen LogP contribution in [0.25, 0.3) is 5.69 Å². The molecule has 20 heavy (non-hydrogen) atoms. The highest BCUT2D eigenvalue weighted by Gasteiger charge is 2.04. The van der Waals surface area contributed by atoms with Gasteiger partial charge in [0.1, 0.15) is 0 Å². The molecular formula is C14H18N4O2. The van der Waals surface area contributed by atoms with Crippen molar-refractivity contribution >= 4 is 11.6 Å². The molecule has 0 bridgehead atoms. The molecule has 2 rings (SSSR count). The Morgan fingerprint density at radius 3 is 2.90 bits per heavy atom. The zero-order valence-corrected chi connectivity index (χ0v) is 11.4. The highest BCUT2D eigenvalue weighted by Crippen LogP contribution is 2.10. The van der Waals surface area contributed by atoms with Gasteiger partial charge < -0.3 is 15.4 Å². The van der Waals surface area contributed by atoms with E-state index in [2.05, 4.69) is 15.7 Å². The Labute approximate surface area is 117 Å². The third-order valence-corrected chi connectivity index (χ3v) is 2.66. The summed E-state index contributed by atoms with van der Waals surface area (Å²) in [5.74, 6) is -0.103. The van der Waals surface area contributed by atoms with Gasteiger partial charge in [0.05, 0.1) is 36.9 Å². The van der Waals surface area contributed by atoms with E-state index in [-0.39, 0.29) is 12.5 Å². The van der Waals surface area contributed by atoms with Crippen molar-refractivity contribution in [1.82, 2.24) is 15.1 Å². The topological polar surface area (TPSA) is 68.2 Å². The molecule has 1 amide bonds. The Hall–Kier alpha value is -2.18. The molecule has 0 atom stereocenters. The van der Waals surface area contributed by atoms with Gasteiger partial charge in [-0.3, -0.25) is 4.79 Å². The lowest BCUT2D eigenvalue weighted by Crippen LogP contribution is -2.30. The number of methoxy groups -OCH3 is 1. The number of carbonyl (C=O) groups excluding carboxylic acids is 1. The van der Waals surface area contributed by atoms with Gasteiger partial charge in [0, 0.05) is 13.7 Å². The van der Waals surface area contributed by atoms with E-state index in [0.29, 0.717) is 18.8 Å². The average molecular weight is 274 g/mol. The highest BCUT2D eigenvalue weighted by molar-refractivity contribution is 5.91. The number of hydrogen-bond acceptors (Lipinski definition) is 4. The Balaban J connectivity index is 1.85. The number of amides is 1. The van der Waals surface area contributed by atoms with Crippen LogP contribution >= 0.6 is 0 Å². The number of nitrogens with one attached hydrogen (secondary N) is 2. The van der Waals surface area contributed by atoms with E-state index in [1.807, 2.05) is 30.3 Å². The van der Waals surface area contributed by atoms with Crippen LogP contribution in [-0.2, 0) is 9.53 Å². The van der Waals surface area contributed by atoms with Gasteiger partial charge in [-0.2, -0.15) is 5.10 Å². The predicted octanol–water partition coefficient (Wildman–Crippen LogP) is 1.05. The Morgan fingerprint density at radius 1 is 1.35 bits per heavy atom. The molecular weight excluding hydrogens is 256 g/mol. The summed E-state index contributed by atoms with van der Waals surface area (Å²) < 4.78 is 6.60. The fraction of sp³-hybridized carbons (Fsp3) is 0.286. The summed E-state index contributed by atoms with van der Waals surface area (Å²) >= 11 is 0. The second kappa shape index (κ2) is 7.42. The van der Waals surface area contributed by atoms with Crippen LogP contribution in [0.15, 0.2) is 42.7 Å². The smallest absolute Gasteiger partial charge is 0.238 e. The zero-order valence-electron chi connectivity index (χ0n) is 11.4. The molecule has 0 radical (unpaired) electrons. The normalized spacial score (nSPS) is 10.4. The monoisotopic (exact) mass is 274 g/mol. The van der Waals surface area contributed by atoms with Gasteiger partial charge in [0.25, 0.3) is 0 Å². The first-order valence-electron chi connectivity index (χ1n) is 6.39. The van der Waals surface area contributed by atoms with E-state index in [0.717, 1.165) is 5.69 Å². The van der Waals surface area contributed by atoms with Crippen LogP contribution in [0.3, 0.4) is 0 Å². The van der Waals surface area contributed by atoms with Crippen molar-refractivity contribution in [2.75, 3.05) is 32.1 Å². The van der Waals surface area contributed by atoms with Crippen molar-refractivity contribution in [1.29, 1.82) is 0 Å². The van der Waals surface area contributed by atoms with Crippen LogP contribution in [0, 0.1) is 0 Å². The van der Waals surface area contributed by atoms with Gasteiger partial charge in [0.2, 0.25) is 5.91 Å². The van der Waals surface area contributed by atoms with Crippen molar-refractivity contribution in [3.8, 4) is 5.69 Å². The van der Waals surface area contributed by atoms with E-state index < -0.39 is 0 Å². The molecule has 0 aliphatic carbocycles. The Bertz CT molecular complexity index is 539. The summed E-state index contributed by atoms with van der Waals surface area (Å²) in [6, 6.07) is 9.72. The Kier molecular flexibility index (Phi) is 5.28. The van der Waals surface area contributed by atoms with Gasteiger partial charge in [-0.1, -0.05) is 18.2 Å². The fourth-order valence-electron chi connectivity index (χ4n) is 1.69. The van der Waals surface area contributed by atoms with Crippen LogP contribution in [0.5, 0.6) is 0 Å². The van der Waals surface area contributed by atoms with Crippen molar-refractivity contribution < 1.29 is 9.53 Å². The van der Waals surface area contributed by atoms with Gasteiger partial charge in [-0.25, -0.2) is 4.68 Å². The molecule has 0 unspecified atom stereocenters. The first-order valence-corrected chi connectivity index (χ1v) is 6.39. The largest absolute Gasteiger partial charge is 0.383 e. The summed E-state index contributed by atoms with van der Waals surface area (Å²) in [5, 5.41) is 9.97. The molecule has 6 nitrogen and oxygen atoms in total. The molecule has 1 aromatic heterocycles. The molecule has 0 saturated heterocycles. The lowest BCUT2D eigenvalue weighted by molar-refractivity contribution is -0.115. The first kappa shape index (κ1) is 14.2. The number of para-hydroxylation sites is 1. The summed E-state index contributed by atoms with van der Waals surface area (Å²) in [5.41, 5.74) is 1.62. The van der Waals surface area contributed by atoms with E-state index in [1.54, 1.807) is 24.2 Å². The summed E-state index contributed by atoms with van der Waals surface area (Å²) in [7, 11) is 1.62. The molecule has 2 aromatic rings. The molecule has 1 heterocycles. The number of aromatic nitrogens is 2. The minimum Gasteiger partial charge on any atom is -0.383 e. The van der Waals surface area contributed by atoms with Crippen LogP contribution < -0.4 is 10.6 Å². The van der Waals surface area contributed by atoms with E-state index >= 15 is 0 Å². The van der Waals surface area contributed by atoms with E-state index in [4.69, 9.17) is 4.74 Å². The van der Waals surface area contributed by atoms with Crippen molar-refractivity contribution in [3.63, 3.8) is 0 Å². The number of anilines is 1. The number of hydrogen-bond donors (Lipinski definition) is 2. The molecule has 0 aliphatic rings. The van der Waals surface area contributed by atoms with E-state index in [9.17, 15) is 4.79 Å². The minimum atomic E-state index is -0.103. The number of rotatable bonds is 7. The van der Waals surface area contributed by atoms with Crippen molar-refractivity contribution in [2.45, 2.75) is 0 Å². The summed E-state index contributed by atoms with van der Waals surface area (Å²) in [4.78, 5) is 11.7. The highest BCUT2D eigenvalue weighted by atomic mass is 16.5. The van der Waals surface area contributed by atoms with Crippen LogP contribution in [0.2, 0.25) is 0 Å². The molecule has 1 aromatic carbocycles. The molecule has 0 saturated carbocycles. The molecule has 0 aliphatic heterocycles. The van der Waals surface area contributed by atoms with Crippen LogP contribution in [-0.4, -0.2) is 42.5 Å². The number of carbonyl (C=O) groups is 1. The number of ether oxygens (including phenoxy) is 1. The van der Waals surface area contributed by atoms with Crippen molar-refractivity contribution in [2.24, 2.45) is 0 Å². The van der Waals surface area contributed by atoms with Gasteiger partial charge in [0.15, 0.2) is 0 Å². The van der Waals surface area contributed by atoms with Gasteiger partial charge in [-0.05, 0) is 12.1 Å². The number of benzene rings is 1. The fourth-order valence-corrected chi connectivity index (χ4v) is 1.69. The molecule has 106 valence electrons. The zero-order chi connectivity index (χ0) is 14.2. The molecule has 6 heteroatoms. The molecule has 0 spiro atoms. The summed E-state index contributed by atoms with van der Waals surface area (Å²) in [6.45, 7) is 1.48. The second-order valence-electron chi connectivity index (χ2n) is 4.23. The first-order chi connectivity index (χ1) is 9.79. The maximum Gasteiger partial charge on any atom is 0.238 e. The van der Waals surface area contributed by atoms with Crippen LogP contribution in [0.1, 0.15) is 0 Å². The maximum absolute atomic E-state index is 11.7. The Morgan fingerprint density at radius 2 is 2.15 bits per heavy atom.